The summed E-state index contributed by atoms with van der Waals surface area (Å²) in [5, 5.41) is 7.08. The lowest BCUT2D eigenvalue weighted by atomic mass is 10.1. The fraction of sp³-hybridized carbons (Fsp3) is 0.217. The summed E-state index contributed by atoms with van der Waals surface area (Å²) in [6.07, 6.45) is -1.06. The summed E-state index contributed by atoms with van der Waals surface area (Å²) >= 11 is 0. The number of ketones is 1. The minimum atomic E-state index is -1.06. The zero-order valence-corrected chi connectivity index (χ0v) is 17.3. The second kappa shape index (κ2) is 8.73. The number of hydrogen-bond acceptors (Lipinski definition) is 5. The predicted octanol–water partition coefficient (Wildman–Crippen LogP) is 3.88. The van der Waals surface area contributed by atoms with Crippen molar-refractivity contribution in [1.29, 1.82) is 0 Å². The highest BCUT2D eigenvalue weighted by molar-refractivity contribution is 6.05. The van der Waals surface area contributed by atoms with E-state index in [1.807, 2.05) is 30.3 Å². The maximum Gasteiger partial charge on any atom is 0.342 e. The first-order valence-electron chi connectivity index (χ1n) is 9.53. The number of anilines is 1. The van der Waals surface area contributed by atoms with E-state index in [-0.39, 0.29) is 5.78 Å². The first-order chi connectivity index (χ1) is 14.3. The van der Waals surface area contributed by atoms with Gasteiger partial charge < -0.3 is 10.1 Å². The highest BCUT2D eigenvalue weighted by Gasteiger charge is 2.25. The van der Waals surface area contributed by atoms with Crippen LogP contribution in [0.3, 0.4) is 0 Å². The Balaban J connectivity index is 1.76. The Bertz CT molecular complexity index is 1100. The molecule has 1 amide bonds. The van der Waals surface area contributed by atoms with Crippen LogP contribution >= 0.6 is 0 Å². The second-order valence-electron chi connectivity index (χ2n) is 6.93. The number of hydrogen-bond donors (Lipinski definition) is 1. The van der Waals surface area contributed by atoms with E-state index in [2.05, 4.69) is 10.4 Å². The molecule has 0 aliphatic rings. The Kier molecular flexibility index (Phi) is 6.11. The fourth-order valence-corrected chi connectivity index (χ4v) is 3.17. The molecule has 1 unspecified atom stereocenters. The molecule has 3 aromatic rings. The van der Waals surface area contributed by atoms with Gasteiger partial charge in [0.25, 0.3) is 5.91 Å². The van der Waals surface area contributed by atoms with Crippen molar-refractivity contribution in [2.45, 2.75) is 33.8 Å². The van der Waals surface area contributed by atoms with Crippen LogP contribution in [0.1, 0.15) is 46.0 Å². The highest BCUT2D eigenvalue weighted by Crippen LogP contribution is 2.20. The number of amides is 1. The van der Waals surface area contributed by atoms with Gasteiger partial charge >= 0.3 is 5.97 Å². The van der Waals surface area contributed by atoms with E-state index in [9.17, 15) is 14.4 Å². The number of nitrogens with zero attached hydrogens (tertiary/aromatic N) is 2. The van der Waals surface area contributed by atoms with Crippen LogP contribution in [0.5, 0.6) is 0 Å². The van der Waals surface area contributed by atoms with Crippen molar-refractivity contribution in [3.8, 4) is 5.69 Å². The number of benzene rings is 2. The molecule has 7 nitrogen and oxygen atoms in total. The molecule has 2 aromatic carbocycles. The molecule has 0 spiro atoms. The molecule has 0 aliphatic heterocycles. The third-order valence-corrected chi connectivity index (χ3v) is 4.71. The third kappa shape index (κ3) is 4.30. The number of Topliss-reactive ketones (excluding diaryl/α,β-unsaturated/α-hetero) is 1. The number of rotatable bonds is 6. The Morgan fingerprint density at radius 1 is 1.00 bits per heavy atom. The van der Waals surface area contributed by atoms with Crippen LogP contribution in [0, 0.1) is 13.8 Å². The summed E-state index contributed by atoms with van der Waals surface area (Å²) in [4.78, 5) is 37.0. The average molecular weight is 405 g/mol. The van der Waals surface area contributed by atoms with E-state index >= 15 is 0 Å². The third-order valence-electron chi connectivity index (χ3n) is 4.71. The molecule has 30 heavy (non-hydrogen) atoms. The van der Waals surface area contributed by atoms with Gasteiger partial charge in [0.1, 0.15) is 5.56 Å². The van der Waals surface area contributed by atoms with Crippen molar-refractivity contribution in [3.05, 3.63) is 77.1 Å². The first kappa shape index (κ1) is 21.0. The standard InChI is InChI=1S/C23H23N3O4/c1-14-21(15(2)26(25-14)18-10-6-5-7-11-18)23(29)30-17(4)22(28)24-20-13-9-8-12-19(20)16(3)27/h5-13,17H,1-4H3,(H,24,28). The molecule has 1 atom stereocenters. The molecule has 0 fully saturated rings. The van der Waals surface area contributed by atoms with E-state index in [4.69, 9.17) is 4.74 Å². The largest absolute Gasteiger partial charge is 0.449 e. The minimum Gasteiger partial charge on any atom is -0.449 e. The molecule has 0 radical (unpaired) electrons. The number of aromatic nitrogens is 2. The van der Waals surface area contributed by atoms with Crippen LogP contribution < -0.4 is 5.32 Å². The zero-order valence-electron chi connectivity index (χ0n) is 17.3. The van der Waals surface area contributed by atoms with Crippen LogP contribution in [-0.4, -0.2) is 33.5 Å². The minimum absolute atomic E-state index is 0.171. The highest BCUT2D eigenvalue weighted by atomic mass is 16.5. The lowest BCUT2D eigenvalue weighted by Gasteiger charge is -2.15. The van der Waals surface area contributed by atoms with E-state index in [1.54, 1.807) is 42.8 Å². The first-order valence-corrected chi connectivity index (χ1v) is 9.53. The smallest absolute Gasteiger partial charge is 0.342 e. The van der Waals surface area contributed by atoms with E-state index in [1.165, 1.54) is 13.8 Å². The molecule has 0 saturated carbocycles. The maximum absolute atomic E-state index is 12.8. The molecule has 1 N–H and O–H groups in total. The van der Waals surface area contributed by atoms with Gasteiger partial charge in [0.2, 0.25) is 0 Å². The molecule has 0 aliphatic carbocycles. The molecular formula is C23H23N3O4. The number of esters is 1. The molecule has 7 heteroatoms. The molecule has 0 bridgehead atoms. The van der Waals surface area contributed by atoms with Gasteiger partial charge in [0.15, 0.2) is 11.9 Å². The number of carbonyl (C=O) groups excluding carboxylic acids is 3. The summed E-state index contributed by atoms with van der Waals surface area (Å²) in [5.41, 5.74) is 3.04. The van der Waals surface area contributed by atoms with Crippen molar-refractivity contribution >= 4 is 23.3 Å². The van der Waals surface area contributed by atoms with Crippen LogP contribution in [0.25, 0.3) is 5.69 Å². The number of nitrogens with one attached hydrogen (secondary N) is 1. The Hall–Kier alpha value is -3.74. The summed E-state index contributed by atoms with van der Waals surface area (Å²) < 4.78 is 7.06. The summed E-state index contributed by atoms with van der Waals surface area (Å²) in [6, 6.07) is 16.1. The molecule has 1 aromatic heterocycles. The van der Waals surface area contributed by atoms with Crippen molar-refractivity contribution < 1.29 is 19.1 Å². The Morgan fingerprint density at radius 2 is 1.63 bits per heavy atom. The van der Waals surface area contributed by atoms with E-state index in [0.717, 1.165) is 5.69 Å². The van der Waals surface area contributed by atoms with Crippen molar-refractivity contribution in [2.75, 3.05) is 5.32 Å². The lowest BCUT2D eigenvalue weighted by molar-refractivity contribution is -0.123. The Labute approximate surface area is 174 Å². The van der Waals surface area contributed by atoms with Gasteiger partial charge in [-0.05, 0) is 52.0 Å². The fourth-order valence-electron chi connectivity index (χ4n) is 3.17. The van der Waals surface area contributed by atoms with Crippen molar-refractivity contribution in [2.24, 2.45) is 0 Å². The Morgan fingerprint density at radius 3 is 2.30 bits per heavy atom. The molecule has 3 rings (SSSR count). The van der Waals surface area contributed by atoms with Gasteiger partial charge in [-0.1, -0.05) is 30.3 Å². The molecule has 0 saturated heterocycles. The normalized spacial score (nSPS) is 11.6. The number of ether oxygens (including phenoxy) is 1. The zero-order chi connectivity index (χ0) is 21.8. The van der Waals surface area contributed by atoms with E-state index < -0.39 is 18.0 Å². The lowest BCUT2D eigenvalue weighted by Crippen LogP contribution is -2.30. The summed E-state index contributed by atoms with van der Waals surface area (Å²) in [6.45, 7) is 6.40. The van der Waals surface area contributed by atoms with Gasteiger partial charge in [-0.2, -0.15) is 5.10 Å². The topological polar surface area (TPSA) is 90.3 Å². The van der Waals surface area contributed by atoms with Crippen LogP contribution in [0.15, 0.2) is 54.6 Å². The number of carbonyl (C=O) groups is 3. The average Bonchev–Trinajstić information content (AvgIpc) is 3.02. The number of para-hydroxylation sites is 2. The maximum atomic E-state index is 12.8. The van der Waals surface area contributed by atoms with Crippen LogP contribution in [-0.2, 0) is 9.53 Å². The van der Waals surface area contributed by atoms with Gasteiger partial charge in [0.05, 0.1) is 22.8 Å². The van der Waals surface area contributed by atoms with Gasteiger partial charge in [-0.15, -0.1) is 0 Å². The molecular weight excluding hydrogens is 382 g/mol. The monoisotopic (exact) mass is 405 g/mol. The van der Waals surface area contributed by atoms with Crippen molar-refractivity contribution in [1.82, 2.24) is 9.78 Å². The molecule has 1 heterocycles. The second-order valence-corrected chi connectivity index (χ2v) is 6.93. The SMILES string of the molecule is CC(=O)c1ccccc1NC(=O)C(C)OC(=O)c1c(C)nn(-c2ccccc2)c1C. The molecule has 154 valence electrons. The van der Waals surface area contributed by atoms with Crippen LogP contribution in [0.2, 0.25) is 0 Å². The van der Waals surface area contributed by atoms with Gasteiger partial charge in [-0.25, -0.2) is 9.48 Å². The van der Waals surface area contributed by atoms with Gasteiger partial charge in [0, 0.05) is 5.56 Å². The van der Waals surface area contributed by atoms with Crippen LogP contribution in [0.4, 0.5) is 5.69 Å². The number of aryl methyl sites for hydroxylation is 1. The quantitative estimate of drug-likeness (QED) is 0.497. The van der Waals surface area contributed by atoms with E-state index in [0.29, 0.717) is 28.2 Å². The summed E-state index contributed by atoms with van der Waals surface area (Å²) in [5.74, 6) is -1.33. The summed E-state index contributed by atoms with van der Waals surface area (Å²) in [7, 11) is 0. The van der Waals surface area contributed by atoms with Gasteiger partial charge in [-0.3, -0.25) is 9.59 Å². The van der Waals surface area contributed by atoms with Crippen molar-refractivity contribution in [3.63, 3.8) is 0 Å². The predicted molar refractivity (Wildman–Crippen MR) is 113 cm³/mol.